The Kier molecular flexibility index (Phi) is 7.86. The second-order valence-corrected chi connectivity index (χ2v) is 11.6. The Morgan fingerprint density at radius 2 is 1.94 bits per heavy atom. The molecule has 2 saturated heterocycles. The second-order valence-electron chi connectivity index (χ2n) is 10.5. The molecule has 8 nitrogen and oxygen atoms in total. The Hall–Kier alpha value is -2.78. The molecular weight excluding hydrogens is 462 g/mol. The standard InChI is InChI=1S/C26H35N5O3S/c1-26(2,3)15-23(32)30(18-21-7-5-13-35-21)20-14-22(25(34)29-11-9-27-10-12-29)31(17-20)24(33)19-6-4-8-28-16-19/h4-8,13,16,20,22,27H,9-12,14-15,17-18H2,1-3H3. The van der Waals surface area contributed by atoms with Crippen LogP contribution in [-0.2, 0) is 16.1 Å². The maximum absolute atomic E-state index is 13.6. The predicted molar refractivity (Wildman–Crippen MR) is 136 cm³/mol. The molecular formula is C26H35N5O3S. The zero-order chi connectivity index (χ0) is 25.0. The average molecular weight is 498 g/mol. The van der Waals surface area contributed by atoms with Gasteiger partial charge in [-0.1, -0.05) is 26.8 Å². The molecule has 0 saturated carbocycles. The van der Waals surface area contributed by atoms with Gasteiger partial charge in [0, 0.05) is 56.4 Å². The Morgan fingerprint density at radius 1 is 1.17 bits per heavy atom. The number of carbonyl (C=O) groups excluding carboxylic acids is 3. The number of carbonyl (C=O) groups is 3. The van der Waals surface area contributed by atoms with E-state index < -0.39 is 6.04 Å². The molecule has 188 valence electrons. The summed E-state index contributed by atoms with van der Waals surface area (Å²) in [5.74, 6) is -0.195. The van der Waals surface area contributed by atoms with Crippen molar-refractivity contribution in [2.75, 3.05) is 32.7 Å². The SMILES string of the molecule is CC(C)(C)CC(=O)N(Cc1cccs1)C1CC(C(=O)N2CCNCC2)N(C(=O)c2cccnc2)C1. The quantitative estimate of drug-likeness (QED) is 0.663. The highest BCUT2D eigenvalue weighted by atomic mass is 32.1. The number of aromatic nitrogens is 1. The van der Waals surface area contributed by atoms with Crippen LogP contribution in [0.1, 0.15) is 48.8 Å². The van der Waals surface area contributed by atoms with Gasteiger partial charge in [0.25, 0.3) is 5.91 Å². The fraction of sp³-hybridized carbons (Fsp3) is 0.538. The molecule has 2 atom stereocenters. The van der Waals surface area contributed by atoms with Gasteiger partial charge >= 0.3 is 0 Å². The molecule has 4 rings (SSSR count). The number of amides is 3. The third-order valence-electron chi connectivity index (χ3n) is 6.51. The van der Waals surface area contributed by atoms with Crippen molar-refractivity contribution in [1.29, 1.82) is 0 Å². The summed E-state index contributed by atoms with van der Waals surface area (Å²) in [6.45, 7) is 9.71. The summed E-state index contributed by atoms with van der Waals surface area (Å²) in [7, 11) is 0. The molecule has 0 radical (unpaired) electrons. The van der Waals surface area contributed by atoms with Crippen LogP contribution >= 0.6 is 11.3 Å². The van der Waals surface area contributed by atoms with Gasteiger partial charge in [-0.05, 0) is 35.4 Å². The highest BCUT2D eigenvalue weighted by Gasteiger charge is 2.45. The highest BCUT2D eigenvalue weighted by molar-refractivity contribution is 7.09. The molecule has 4 heterocycles. The molecule has 2 aromatic heterocycles. The molecule has 2 aliphatic heterocycles. The summed E-state index contributed by atoms with van der Waals surface area (Å²) >= 11 is 1.61. The Morgan fingerprint density at radius 3 is 2.57 bits per heavy atom. The van der Waals surface area contributed by atoms with Gasteiger partial charge in [-0.25, -0.2) is 0 Å². The number of pyridine rings is 1. The van der Waals surface area contributed by atoms with E-state index in [1.807, 2.05) is 27.3 Å². The fourth-order valence-corrected chi connectivity index (χ4v) is 5.50. The first kappa shape index (κ1) is 25.3. The molecule has 2 aliphatic rings. The number of rotatable bonds is 6. The van der Waals surface area contributed by atoms with E-state index in [2.05, 4.69) is 31.1 Å². The number of hydrogen-bond acceptors (Lipinski definition) is 6. The van der Waals surface area contributed by atoms with Crippen LogP contribution in [0, 0.1) is 5.41 Å². The topological polar surface area (TPSA) is 85.9 Å². The van der Waals surface area contributed by atoms with Gasteiger partial charge in [-0.3, -0.25) is 19.4 Å². The van der Waals surface area contributed by atoms with E-state index in [-0.39, 0.29) is 29.2 Å². The maximum Gasteiger partial charge on any atom is 0.256 e. The van der Waals surface area contributed by atoms with Gasteiger partial charge < -0.3 is 20.0 Å². The van der Waals surface area contributed by atoms with Crippen LogP contribution in [-0.4, -0.2) is 82.2 Å². The number of likely N-dealkylation sites (tertiary alicyclic amines) is 1. The summed E-state index contributed by atoms with van der Waals surface area (Å²) in [6.07, 6.45) is 4.01. The first-order chi connectivity index (χ1) is 16.7. The zero-order valence-electron chi connectivity index (χ0n) is 20.8. The highest BCUT2D eigenvalue weighted by Crippen LogP contribution is 2.30. The minimum atomic E-state index is -0.598. The third kappa shape index (κ3) is 6.27. The molecule has 0 aromatic carbocycles. The lowest BCUT2D eigenvalue weighted by Gasteiger charge is -2.32. The van der Waals surface area contributed by atoms with E-state index in [1.165, 1.54) is 6.20 Å². The predicted octanol–water partition coefficient (Wildman–Crippen LogP) is 2.62. The van der Waals surface area contributed by atoms with E-state index >= 15 is 0 Å². The normalized spacial score (nSPS) is 20.7. The van der Waals surface area contributed by atoms with Crippen LogP contribution in [0.15, 0.2) is 42.0 Å². The number of nitrogens with one attached hydrogen (secondary N) is 1. The molecule has 1 N–H and O–H groups in total. The van der Waals surface area contributed by atoms with Crippen molar-refractivity contribution in [3.8, 4) is 0 Å². The van der Waals surface area contributed by atoms with Crippen molar-refractivity contribution in [3.63, 3.8) is 0 Å². The average Bonchev–Trinajstić information content (AvgIpc) is 3.52. The summed E-state index contributed by atoms with van der Waals surface area (Å²) in [4.78, 5) is 51.2. The van der Waals surface area contributed by atoms with Crippen molar-refractivity contribution in [3.05, 3.63) is 52.5 Å². The Balaban J connectivity index is 1.62. The molecule has 2 fully saturated rings. The number of hydrogen-bond donors (Lipinski definition) is 1. The van der Waals surface area contributed by atoms with Crippen molar-refractivity contribution in [2.45, 2.75) is 52.2 Å². The van der Waals surface area contributed by atoms with Crippen LogP contribution < -0.4 is 5.32 Å². The van der Waals surface area contributed by atoms with Gasteiger partial charge in [-0.15, -0.1) is 11.3 Å². The summed E-state index contributed by atoms with van der Waals surface area (Å²) in [6, 6.07) is 6.63. The molecule has 3 amide bonds. The van der Waals surface area contributed by atoms with Gasteiger partial charge in [0.2, 0.25) is 11.8 Å². The molecule has 0 spiro atoms. The van der Waals surface area contributed by atoms with E-state index in [4.69, 9.17) is 0 Å². The van der Waals surface area contributed by atoms with Crippen LogP contribution in [0.5, 0.6) is 0 Å². The van der Waals surface area contributed by atoms with Crippen molar-refractivity contribution < 1.29 is 14.4 Å². The van der Waals surface area contributed by atoms with E-state index in [9.17, 15) is 14.4 Å². The van der Waals surface area contributed by atoms with Gasteiger partial charge in [0.15, 0.2) is 0 Å². The monoisotopic (exact) mass is 497 g/mol. The lowest BCUT2D eigenvalue weighted by molar-refractivity contribution is -0.137. The largest absolute Gasteiger partial charge is 0.338 e. The number of piperazine rings is 1. The molecule has 35 heavy (non-hydrogen) atoms. The lowest BCUT2D eigenvalue weighted by Crippen LogP contribution is -2.53. The second kappa shape index (κ2) is 10.9. The molecule has 2 aromatic rings. The van der Waals surface area contributed by atoms with Crippen molar-refractivity contribution in [1.82, 2.24) is 25.0 Å². The number of nitrogens with zero attached hydrogens (tertiary/aromatic N) is 4. The van der Waals surface area contributed by atoms with Crippen molar-refractivity contribution in [2.24, 2.45) is 5.41 Å². The minimum Gasteiger partial charge on any atom is -0.338 e. The van der Waals surface area contributed by atoms with Crippen LogP contribution in [0.25, 0.3) is 0 Å². The van der Waals surface area contributed by atoms with E-state index in [1.54, 1.807) is 34.6 Å². The lowest BCUT2D eigenvalue weighted by atomic mass is 9.91. The van der Waals surface area contributed by atoms with E-state index in [0.717, 1.165) is 18.0 Å². The molecule has 9 heteroatoms. The fourth-order valence-electron chi connectivity index (χ4n) is 4.80. The molecule has 2 unspecified atom stereocenters. The molecule has 0 aliphatic carbocycles. The minimum absolute atomic E-state index is 0.0365. The summed E-state index contributed by atoms with van der Waals surface area (Å²) in [5, 5.41) is 5.28. The van der Waals surface area contributed by atoms with Crippen LogP contribution in [0.2, 0.25) is 0 Å². The van der Waals surface area contributed by atoms with Gasteiger partial charge in [0.1, 0.15) is 6.04 Å². The summed E-state index contributed by atoms with van der Waals surface area (Å²) < 4.78 is 0. The zero-order valence-corrected chi connectivity index (χ0v) is 21.6. The Labute approximate surface area is 211 Å². The molecule has 0 bridgehead atoms. The maximum atomic E-state index is 13.6. The van der Waals surface area contributed by atoms with Crippen molar-refractivity contribution >= 4 is 29.1 Å². The first-order valence-electron chi connectivity index (χ1n) is 12.3. The van der Waals surface area contributed by atoms with Crippen LogP contribution in [0.4, 0.5) is 0 Å². The van der Waals surface area contributed by atoms with Gasteiger partial charge in [0.05, 0.1) is 18.2 Å². The van der Waals surface area contributed by atoms with Gasteiger partial charge in [-0.2, -0.15) is 0 Å². The number of thiophene rings is 1. The summed E-state index contributed by atoms with van der Waals surface area (Å²) in [5.41, 5.74) is 0.294. The Bertz CT molecular complexity index is 1020. The first-order valence-corrected chi connectivity index (χ1v) is 13.1. The smallest absolute Gasteiger partial charge is 0.256 e. The third-order valence-corrected chi connectivity index (χ3v) is 7.37. The van der Waals surface area contributed by atoms with Crippen LogP contribution in [0.3, 0.4) is 0 Å². The van der Waals surface area contributed by atoms with E-state index in [0.29, 0.717) is 44.6 Å².